The van der Waals surface area contributed by atoms with Crippen molar-refractivity contribution in [3.8, 4) is 11.5 Å². The zero-order valence-electron chi connectivity index (χ0n) is 11.8. The number of hydrogen-bond donors (Lipinski definition) is 2. The zero-order valence-corrected chi connectivity index (χ0v) is 13.6. The third kappa shape index (κ3) is 3.30. The molecule has 0 aromatic carbocycles. The Bertz CT molecular complexity index is 861. The Balaban J connectivity index is 2.12. The predicted octanol–water partition coefficient (Wildman–Crippen LogP) is 4.44. The molecule has 0 unspecified atom stereocenters. The fourth-order valence-corrected chi connectivity index (χ4v) is 3.04. The number of pyridine rings is 2. The van der Waals surface area contributed by atoms with Gasteiger partial charge in [0.1, 0.15) is 5.69 Å². The standard InChI is InChI=1S/C14H11F3N4S2/c1-2-23-10-3-7(14(15,16)17)5-18-11(10)13-20-9-4-8(22)6-19-12(9)21-13/h3-6,22H,2H2,1H3,(H,19,20,21). The lowest BCUT2D eigenvalue weighted by Gasteiger charge is -2.10. The van der Waals surface area contributed by atoms with Gasteiger partial charge in [-0.1, -0.05) is 6.92 Å². The first-order chi connectivity index (χ1) is 10.9. The highest BCUT2D eigenvalue weighted by Gasteiger charge is 2.32. The highest BCUT2D eigenvalue weighted by Crippen LogP contribution is 2.35. The van der Waals surface area contributed by atoms with Crippen LogP contribution in [0.2, 0.25) is 0 Å². The molecule has 4 nitrogen and oxygen atoms in total. The fourth-order valence-electron chi connectivity index (χ4n) is 2.04. The monoisotopic (exact) mass is 356 g/mol. The normalized spacial score (nSPS) is 12.0. The van der Waals surface area contributed by atoms with E-state index in [1.807, 2.05) is 6.92 Å². The summed E-state index contributed by atoms with van der Waals surface area (Å²) in [4.78, 5) is 16.5. The van der Waals surface area contributed by atoms with Gasteiger partial charge in [-0.25, -0.2) is 9.97 Å². The minimum atomic E-state index is -4.43. The van der Waals surface area contributed by atoms with Crippen LogP contribution in [0.25, 0.3) is 22.7 Å². The molecule has 3 rings (SSSR count). The SMILES string of the molecule is CCSc1cc(C(F)(F)F)cnc1-c1nc2ncc(S)cc2[nH]1. The number of rotatable bonds is 3. The maximum Gasteiger partial charge on any atom is 0.417 e. The average Bonchev–Trinajstić information content (AvgIpc) is 2.89. The Kier molecular flexibility index (Phi) is 4.24. The first-order valence-corrected chi connectivity index (χ1v) is 8.07. The van der Waals surface area contributed by atoms with Crippen LogP contribution in [0, 0.1) is 0 Å². The lowest BCUT2D eigenvalue weighted by Crippen LogP contribution is -2.06. The molecule has 0 aliphatic heterocycles. The third-order valence-corrected chi connectivity index (χ3v) is 4.18. The smallest absolute Gasteiger partial charge is 0.335 e. The number of thioether (sulfide) groups is 1. The number of nitrogens with one attached hydrogen (secondary N) is 1. The van der Waals surface area contributed by atoms with Crippen LogP contribution in [-0.2, 0) is 6.18 Å². The van der Waals surface area contributed by atoms with Crippen LogP contribution in [0.5, 0.6) is 0 Å². The summed E-state index contributed by atoms with van der Waals surface area (Å²) in [5, 5.41) is 0. The summed E-state index contributed by atoms with van der Waals surface area (Å²) >= 11 is 5.48. The van der Waals surface area contributed by atoms with Crippen molar-refractivity contribution in [3.63, 3.8) is 0 Å². The summed E-state index contributed by atoms with van der Waals surface area (Å²) in [7, 11) is 0. The first-order valence-electron chi connectivity index (χ1n) is 6.63. The van der Waals surface area contributed by atoms with Gasteiger partial charge in [0, 0.05) is 22.2 Å². The average molecular weight is 356 g/mol. The van der Waals surface area contributed by atoms with Crippen molar-refractivity contribution in [2.45, 2.75) is 22.9 Å². The summed E-state index contributed by atoms with van der Waals surface area (Å²) in [6.07, 6.45) is -2.05. The summed E-state index contributed by atoms with van der Waals surface area (Å²) in [6, 6.07) is 2.85. The highest BCUT2D eigenvalue weighted by molar-refractivity contribution is 7.99. The maximum atomic E-state index is 12.9. The third-order valence-electron chi connectivity index (χ3n) is 3.03. The van der Waals surface area contributed by atoms with Crippen molar-refractivity contribution in [1.29, 1.82) is 0 Å². The Hall–Kier alpha value is -1.74. The summed E-state index contributed by atoms with van der Waals surface area (Å²) in [6.45, 7) is 1.86. The molecule has 0 radical (unpaired) electrons. The van der Waals surface area contributed by atoms with E-state index < -0.39 is 11.7 Å². The molecule has 3 aromatic rings. The zero-order chi connectivity index (χ0) is 16.6. The summed E-state index contributed by atoms with van der Waals surface area (Å²) in [5.41, 5.74) is 0.723. The molecule has 3 aromatic heterocycles. The van der Waals surface area contributed by atoms with Crippen LogP contribution >= 0.6 is 24.4 Å². The molecule has 0 aliphatic carbocycles. The predicted molar refractivity (Wildman–Crippen MR) is 85.8 cm³/mol. The number of imidazole rings is 1. The fraction of sp³-hybridized carbons (Fsp3) is 0.214. The molecule has 1 N–H and O–H groups in total. The van der Waals surface area contributed by atoms with Gasteiger partial charge in [-0.3, -0.25) is 4.98 Å². The van der Waals surface area contributed by atoms with Crippen LogP contribution in [-0.4, -0.2) is 25.7 Å². The lowest BCUT2D eigenvalue weighted by molar-refractivity contribution is -0.138. The van der Waals surface area contributed by atoms with Gasteiger partial charge in [0.25, 0.3) is 0 Å². The Labute approximate surface area is 139 Å². The van der Waals surface area contributed by atoms with Crippen molar-refractivity contribution in [3.05, 3.63) is 30.1 Å². The molecule has 9 heteroatoms. The number of alkyl halides is 3. The van der Waals surface area contributed by atoms with Gasteiger partial charge in [-0.15, -0.1) is 24.4 Å². The van der Waals surface area contributed by atoms with E-state index in [-0.39, 0.29) is 0 Å². The Morgan fingerprint density at radius 2 is 2.00 bits per heavy atom. The van der Waals surface area contributed by atoms with E-state index in [0.717, 1.165) is 12.3 Å². The van der Waals surface area contributed by atoms with E-state index in [1.54, 1.807) is 12.3 Å². The number of H-pyrrole nitrogens is 1. The van der Waals surface area contributed by atoms with E-state index in [2.05, 4.69) is 32.6 Å². The van der Waals surface area contributed by atoms with E-state index in [1.165, 1.54) is 11.8 Å². The van der Waals surface area contributed by atoms with Gasteiger partial charge in [0.15, 0.2) is 11.5 Å². The molecule has 0 spiro atoms. The molecule has 0 aliphatic rings. The lowest BCUT2D eigenvalue weighted by atomic mass is 10.2. The molecule has 0 atom stereocenters. The number of hydrogen-bond acceptors (Lipinski definition) is 5. The second kappa shape index (κ2) is 6.04. The molecule has 0 saturated heterocycles. The van der Waals surface area contributed by atoms with E-state index in [0.29, 0.717) is 38.2 Å². The van der Waals surface area contributed by atoms with Crippen LogP contribution < -0.4 is 0 Å². The van der Waals surface area contributed by atoms with Gasteiger partial charge in [0.2, 0.25) is 0 Å². The topological polar surface area (TPSA) is 54.5 Å². The minimum absolute atomic E-state index is 0.378. The Morgan fingerprint density at radius 1 is 1.22 bits per heavy atom. The van der Waals surface area contributed by atoms with E-state index in [4.69, 9.17) is 0 Å². The largest absolute Gasteiger partial charge is 0.417 e. The quantitative estimate of drug-likeness (QED) is 0.538. The Morgan fingerprint density at radius 3 is 2.70 bits per heavy atom. The number of aromatic amines is 1. The molecule has 0 saturated carbocycles. The number of nitrogens with zero attached hydrogens (tertiary/aromatic N) is 3. The van der Waals surface area contributed by atoms with Crippen LogP contribution in [0.1, 0.15) is 12.5 Å². The molecule has 0 amide bonds. The van der Waals surface area contributed by atoms with Gasteiger partial charge in [0.05, 0.1) is 11.1 Å². The van der Waals surface area contributed by atoms with Crippen LogP contribution in [0.15, 0.2) is 34.3 Å². The minimum Gasteiger partial charge on any atom is -0.335 e. The molecule has 3 heterocycles. The van der Waals surface area contributed by atoms with Gasteiger partial charge in [-0.2, -0.15) is 13.2 Å². The van der Waals surface area contributed by atoms with Gasteiger partial charge >= 0.3 is 6.18 Å². The summed E-state index contributed by atoms with van der Waals surface area (Å²) in [5.74, 6) is 1.01. The number of fused-ring (bicyclic) bond motifs is 1. The molecular formula is C14H11F3N4S2. The van der Waals surface area contributed by atoms with Crippen molar-refractivity contribution >= 4 is 35.6 Å². The second-order valence-electron chi connectivity index (χ2n) is 4.65. The van der Waals surface area contributed by atoms with Gasteiger partial charge < -0.3 is 4.98 Å². The van der Waals surface area contributed by atoms with Crippen LogP contribution in [0.4, 0.5) is 13.2 Å². The van der Waals surface area contributed by atoms with Crippen molar-refractivity contribution in [2.24, 2.45) is 0 Å². The molecule has 23 heavy (non-hydrogen) atoms. The maximum absolute atomic E-state index is 12.9. The molecule has 0 bridgehead atoms. The van der Waals surface area contributed by atoms with Gasteiger partial charge in [-0.05, 0) is 17.9 Å². The number of thiol groups is 1. The first kappa shape index (κ1) is 16.1. The number of aromatic nitrogens is 4. The number of halogens is 3. The van der Waals surface area contributed by atoms with Crippen LogP contribution in [0.3, 0.4) is 0 Å². The highest BCUT2D eigenvalue weighted by atomic mass is 32.2. The van der Waals surface area contributed by atoms with E-state index >= 15 is 0 Å². The summed E-state index contributed by atoms with van der Waals surface area (Å²) < 4.78 is 38.6. The molecule has 0 fully saturated rings. The van der Waals surface area contributed by atoms with E-state index in [9.17, 15) is 13.2 Å². The van der Waals surface area contributed by atoms with Crippen molar-refractivity contribution < 1.29 is 13.2 Å². The van der Waals surface area contributed by atoms with Crippen molar-refractivity contribution in [2.75, 3.05) is 5.75 Å². The second-order valence-corrected chi connectivity index (χ2v) is 6.47. The molecule has 120 valence electrons. The van der Waals surface area contributed by atoms with Crippen molar-refractivity contribution in [1.82, 2.24) is 19.9 Å². The molecular weight excluding hydrogens is 345 g/mol.